The first-order valence-electron chi connectivity index (χ1n) is 5.03. The van der Waals surface area contributed by atoms with Gasteiger partial charge < -0.3 is 0 Å². The van der Waals surface area contributed by atoms with Crippen LogP contribution in [0.25, 0.3) is 0 Å². The monoisotopic (exact) mass is 181 g/mol. The lowest BCUT2D eigenvalue weighted by Gasteiger charge is -2.14. The predicted octanol–water partition coefficient (Wildman–Crippen LogP) is 1.86. The molecule has 1 fully saturated rings. The van der Waals surface area contributed by atoms with Gasteiger partial charge in [0.2, 0.25) is 0 Å². The lowest BCUT2D eigenvalue weighted by atomic mass is 10.1. The van der Waals surface area contributed by atoms with Gasteiger partial charge in [-0.3, -0.25) is 9.69 Å². The highest BCUT2D eigenvalue weighted by Crippen LogP contribution is 2.15. The fraction of sp³-hybridized carbons (Fsp3) is 0.727. The van der Waals surface area contributed by atoms with Crippen LogP contribution in [0.15, 0.2) is 12.2 Å². The molecule has 0 aromatic heterocycles. The number of hydrogen-bond acceptors (Lipinski definition) is 2. The lowest BCUT2D eigenvalue weighted by molar-refractivity contribution is -0.117. The molecular formula is C11H19NO. The van der Waals surface area contributed by atoms with E-state index in [1.165, 1.54) is 12.8 Å². The highest BCUT2D eigenvalue weighted by Gasteiger charge is 2.17. The molecule has 0 saturated carbocycles. The third-order valence-electron chi connectivity index (χ3n) is 2.63. The van der Waals surface area contributed by atoms with E-state index in [1.807, 2.05) is 13.8 Å². The summed E-state index contributed by atoms with van der Waals surface area (Å²) < 4.78 is 0. The summed E-state index contributed by atoms with van der Waals surface area (Å²) in [6.45, 7) is 5.03. The van der Waals surface area contributed by atoms with Gasteiger partial charge in [-0.05, 0) is 32.5 Å². The van der Waals surface area contributed by atoms with Crippen LogP contribution in [0, 0.1) is 5.92 Å². The zero-order valence-electron chi connectivity index (χ0n) is 8.79. The number of likely N-dealkylation sites (tertiary alicyclic amines) is 1. The summed E-state index contributed by atoms with van der Waals surface area (Å²) in [5.41, 5.74) is 0. The van der Waals surface area contributed by atoms with E-state index in [4.69, 9.17) is 0 Å². The fourth-order valence-electron chi connectivity index (χ4n) is 1.58. The first-order chi connectivity index (χ1) is 6.11. The fourth-order valence-corrected chi connectivity index (χ4v) is 1.58. The average Bonchev–Trinajstić information content (AvgIpc) is 2.47. The minimum absolute atomic E-state index is 0.128. The highest BCUT2D eigenvalue weighted by atomic mass is 16.1. The quantitative estimate of drug-likeness (QED) is 0.619. The van der Waals surface area contributed by atoms with Crippen LogP contribution in [0.2, 0.25) is 0 Å². The molecule has 2 nitrogen and oxygen atoms in total. The molecule has 0 spiro atoms. The molecule has 1 aliphatic rings. The van der Waals surface area contributed by atoms with Gasteiger partial charge in [0.25, 0.3) is 0 Å². The van der Waals surface area contributed by atoms with Crippen molar-refractivity contribution in [2.45, 2.75) is 32.7 Å². The van der Waals surface area contributed by atoms with Crippen LogP contribution >= 0.6 is 0 Å². The van der Waals surface area contributed by atoms with Crippen molar-refractivity contribution in [2.75, 3.05) is 13.6 Å². The van der Waals surface area contributed by atoms with Crippen LogP contribution in [0.4, 0.5) is 0 Å². The molecule has 1 rings (SSSR count). The predicted molar refractivity (Wildman–Crippen MR) is 54.6 cm³/mol. The zero-order valence-corrected chi connectivity index (χ0v) is 8.79. The van der Waals surface area contributed by atoms with Crippen LogP contribution in [0.5, 0.6) is 0 Å². The van der Waals surface area contributed by atoms with Crippen molar-refractivity contribution in [2.24, 2.45) is 5.92 Å². The van der Waals surface area contributed by atoms with E-state index in [9.17, 15) is 4.79 Å². The molecule has 0 unspecified atom stereocenters. The van der Waals surface area contributed by atoms with Gasteiger partial charge in [-0.25, -0.2) is 0 Å². The van der Waals surface area contributed by atoms with Crippen LogP contribution in [-0.2, 0) is 4.79 Å². The van der Waals surface area contributed by atoms with E-state index in [0.717, 1.165) is 6.54 Å². The standard InChI is InChI=1S/C11H19NO/c1-9(2)11(13)7-6-10-5-4-8-12(10)3/h6-7,9-10H,4-5,8H2,1-3H3/b7-6+/t10-/m0/s1. The van der Waals surface area contributed by atoms with E-state index < -0.39 is 0 Å². The van der Waals surface area contributed by atoms with Crippen molar-refractivity contribution in [3.05, 3.63) is 12.2 Å². The Hall–Kier alpha value is -0.630. The number of likely N-dealkylation sites (N-methyl/N-ethyl adjacent to an activating group) is 1. The maximum Gasteiger partial charge on any atom is 0.157 e. The Labute approximate surface area is 80.6 Å². The van der Waals surface area contributed by atoms with Crippen LogP contribution < -0.4 is 0 Å². The minimum atomic E-state index is 0.128. The molecule has 0 radical (unpaired) electrons. The zero-order chi connectivity index (χ0) is 9.84. The number of carbonyl (C=O) groups is 1. The van der Waals surface area contributed by atoms with Crippen molar-refractivity contribution < 1.29 is 4.79 Å². The summed E-state index contributed by atoms with van der Waals surface area (Å²) in [6.07, 6.45) is 6.24. The lowest BCUT2D eigenvalue weighted by Crippen LogP contribution is -2.22. The van der Waals surface area contributed by atoms with E-state index >= 15 is 0 Å². The first kappa shape index (κ1) is 10.5. The second-order valence-corrected chi connectivity index (χ2v) is 4.11. The Bertz CT molecular complexity index is 208. The third kappa shape index (κ3) is 2.96. The van der Waals surface area contributed by atoms with Crippen molar-refractivity contribution >= 4 is 5.78 Å². The molecule has 0 aliphatic carbocycles. The molecule has 0 N–H and O–H groups in total. The van der Waals surface area contributed by atoms with Gasteiger partial charge in [0.05, 0.1) is 0 Å². The maximum absolute atomic E-state index is 11.3. The Balaban J connectivity index is 2.43. The van der Waals surface area contributed by atoms with Gasteiger partial charge in [-0.2, -0.15) is 0 Å². The molecule has 1 saturated heterocycles. The Morgan fingerprint density at radius 3 is 2.69 bits per heavy atom. The van der Waals surface area contributed by atoms with Crippen molar-refractivity contribution in [3.8, 4) is 0 Å². The SMILES string of the molecule is CC(C)C(=O)/C=C/[C@@H]1CCCN1C. The maximum atomic E-state index is 11.3. The third-order valence-corrected chi connectivity index (χ3v) is 2.63. The smallest absolute Gasteiger partial charge is 0.157 e. The molecule has 0 amide bonds. The second-order valence-electron chi connectivity index (χ2n) is 4.11. The van der Waals surface area contributed by atoms with E-state index in [0.29, 0.717) is 6.04 Å². The van der Waals surface area contributed by atoms with Gasteiger partial charge >= 0.3 is 0 Å². The topological polar surface area (TPSA) is 20.3 Å². The molecule has 0 aromatic carbocycles. The minimum Gasteiger partial charge on any atom is -0.300 e. The average molecular weight is 181 g/mol. The highest BCUT2D eigenvalue weighted by molar-refractivity contribution is 5.91. The van der Waals surface area contributed by atoms with E-state index in [1.54, 1.807) is 6.08 Å². The molecule has 2 heteroatoms. The van der Waals surface area contributed by atoms with Crippen molar-refractivity contribution in [3.63, 3.8) is 0 Å². The summed E-state index contributed by atoms with van der Waals surface area (Å²) in [6, 6.07) is 0.489. The Morgan fingerprint density at radius 1 is 1.54 bits per heavy atom. The largest absolute Gasteiger partial charge is 0.300 e. The number of carbonyl (C=O) groups excluding carboxylic acids is 1. The number of rotatable bonds is 3. The van der Waals surface area contributed by atoms with Gasteiger partial charge in [0, 0.05) is 12.0 Å². The summed E-state index contributed by atoms with van der Waals surface area (Å²) in [5.74, 6) is 0.364. The Morgan fingerprint density at radius 2 is 2.23 bits per heavy atom. The molecular weight excluding hydrogens is 162 g/mol. The van der Waals surface area contributed by atoms with Crippen LogP contribution in [-0.4, -0.2) is 30.3 Å². The molecule has 0 bridgehead atoms. The van der Waals surface area contributed by atoms with E-state index in [-0.39, 0.29) is 11.7 Å². The molecule has 74 valence electrons. The van der Waals surface area contributed by atoms with Crippen LogP contribution in [0.1, 0.15) is 26.7 Å². The Kier molecular flexibility index (Phi) is 3.67. The normalized spacial score (nSPS) is 24.8. The van der Waals surface area contributed by atoms with Crippen molar-refractivity contribution in [1.29, 1.82) is 0 Å². The summed E-state index contributed by atoms with van der Waals surface area (Å²) >= 11 is 0. The van der Waals surface area contributed by atoms with Gasteiger partial charge in [-0.1, -0.05) is 19.9 Å². The van der Waals surface area contributed by atoms with E-state index in [2.05, 4.69) is 18.0 Å². The van der Waals surface area contributed by atoms with Gasteiger partial charge in [-0.15, -0.1) is 0 Å². The number of hydrogen-bond donors (Lipinski definition) is 0. The summed E-state index contributed by atoms with van der Waals surface area (Å²) in [5, 5.41) is 0. The second kappa shape index (κ2) is 4.56. The molecule has 1 heterocycles. The molecule has 13 heavy (non-hydrogen) atoms. The van der Waals surface area contributed by atoms with Crippen LogP contribution in [0.3, 0.4) is 0 Å². The number of nitrogens with zero attached hydrogens (tertiary/aromatic N) is 1. The molecule has 1 atom stereocenters. The van der Waals surface area contributed by atoms with Crippen molar-refractivity contribution in [1.82, 2.24) is 4.90 Å². The van der Waals surface area contributed by atoms with Gasteiger partial charge in [0.1, 0.15) is 0 Å². The molecule has 0 aromatic rings. The summed E-state index contributed by atoms with van der Waals surface area (Å²) in [4.78, 5) is 13.6. The first-order valence-corrected chi connectivity index (χ1v) is 5.03. The summed E-state index contributed by atoms with van der Waals surface area (Å²) in [7, 11) is 2.11. The number of ketones is 1. The molecule has 1 aliphatic heterocycles. The number of allylic oxidation sites excluding steroid dienone is 1. The van der Waals surface area contributed by atoms with Gasteiger partial charge in [0.15, 0.2) is 5.78 Å².